The SMILES string of the molecule is CC(CCCn1ccc2cc(-c3ncc(C(F)F)cn3)c(F)cc2c1=O)Nc1cn[nH]c(=O)c1C(F)(F)F. The summed E-state index contributed by atoms with van der Waals surface area (Å²) >= 11 is 0. The van der Waals surface area contributed by atoms with E-state index in [1.165, 1.54) is 16.8 Å². The maximum atomic E-state index is 14.8. The highest BCUT2D eigenvalue weighted by molar-refractivity contribution is 5.85. The molecule has 0 bridgehead atoms. The summed E-state index contributed by atoms with van der Waals surface area (Å²) < 4.78 is 81.2. The third-order valence-corrected chi connectivity index (χ3v) is 5.81. The number of hydrogen-bond acceptors (Lipinski definition) is 6. The van der Waals surface area contributed by atoms with E-state index in [-0.39, 0.29) is 23.3 Å². The Labute approximate surface area is 210 Å². The smallest absolute Gasteiger partial charge is 0.381 e. The van der Waals surface area contributed by atoms with Crippen molar-refractivity contribution in [3.05, 3.63) is 80.6 Å². The van der Waals surface area contributed by atoms with E-state index in [0.29, 0.717) is 18.2 Å². The first kappa shape index (κ1) is 26.8. The van der Waals surface area contributed by atoms with Gasteiger partial charge in [-0.3, -0.25) is 9.59 Å². The third-order valence-electron chi connectivity index (χ3n) is 5.81. The van der Waals surface area contributed by atoms with E-state index in [1.807, 2.05) is 0 Å². The summed E-state index contributed by atoms with van der Waals surface area (Å²) in [6, 6.07) is 3.46. The minimum absolute atomic E-state index is 0.0529. The summed E-state index contributed by atoms with van der Waals surface area (Å²) in [5.41, 5.74) is -4.12. The van der Waals surface area contributed by atoms with Crippen LogP contribution in [0.2, 0.25) is 0 Å². The van der Waals surface area contributed by atoms with Crippen LogP contribution in [0.5, 0.6) is 0 Å². The van der Waals surface area contributed by atoms with E-state index in [2.05, 4.69) is 20.4 Å². The van der Waals surface area contributed by atoms with Crippen LogP contribution >= 0.6 is 0 Å². The summed E-state index contributed by atoms with van der Waals surface area (Å²) in [5, 5.41) is 8.27. The van der Waals surface area contributed by atoms with Crippen molar-refractivity contribution in [2.45, 2.75) is 45.0 Å². The standard InChI is InChI=1S/C24H20F6N6O2/c1-12(34-18-11-33-35-22(37)19(18)24(28,29)30)3-2-5-36-6-4-13-7-16(17(25)8-15(13)23(36)38)21-31-9-14(10-32-21)20(26)27/h4,6-12,20H,2-3,5H2,1H3,(H2,34,35,37). The molecule has 0 aliphatic rings. The monoisotopic (exact) mass is 538 g/mol. The molecule has 3 aromatic heterocycles. The zero-order valence-corrected chi connectivity index (χ0v) is 19.7. The molecule has 0 radical (unpaired) electrons. The van der Waals surface area contributed by atoms with E-state index in [4.69, 9.17) is 0 Å². The first-order chi connectivity index (χ1) is 18.0. The first-order valence-electron chi connectivity index (χ1n) is 11.3. The van der Waals surface area contributed by atoms with Crippen LogP contribution in [-0.4, -0.2) is 30.8 Å². The number of anilines is 1. The van der Waals surface area contributed by atoms with Gasteiger partial charge in [-0.1, -0.05) is 0 Å². The Balaban J connectivity index is 1.47. The van der Waals surface area contributed by atoms with E-state index < -0.39 is 52.4 Å². The van der Waals surface area contributed by atoms with Crippen molar-refractivity contribution in [1.82, 2.24) is 24.7 Å². The fourth-order valence-electron chi connectivity index (χ4n) is 3.94. The van der Waals surface area contributed by atoms with Crippen LogP contribution in [0.25, 0.3) is 22.2 Å². The maximum Gasteiger partial charge on any atom is 0.423 e. The van der Waals surface area contributed by atoms with E-state index in [0.717, 1.165) is 24.7 Å². The van der Waals surface area contributed by atoms with Gasteiger partial charge in [0.2, 0.25) is 0 Å². The van der Waals surface area contributed by atoms with Crippen molar-refractivity contribution in [2.75, 3.05) is 5.32 Å². The van der Waals surface area contributed by atoms with Gasteiger partial charge in [-0.15, -0.1) is 0 Å². The lowest BCUT2D eigenvalue weighted by Crippen LogP contribution is -2.27. The van der Waals surface area contributed by atoms with Gasteiger partial charge in [-0.2, -0.15) is 18.3 Å². The van der Waals surface area contributed by atoms with Crippen molar-refractivity contribution in [1.29, 1.82) is 0 Å². The van der Waals surface area contributed by atoms with Crippen molar-refractivity contribution in [3.63, 3.8) is 0 Å². The molecular formula is C24H20F6N6O2. The molecule has 14 heteroatoms. The Hall–Kier alpha value is -4.23. The van der Waals surface area contributed by atoms with E-state index >= 15 is 0 Å². The number of fused-ring (bicyclic) bond motifs is 1. The normalized spacial score (nSPS) is 12.7. The van der Waals surface area contributed by atoms with E-state index in [9.17, 15) is 35.9 Å². The van der Waals surface area contributed by atoms with Crippen molar-refractivity contribution >= 4 is 16.5 Å². The average Bonchev–Trinajstić information content (AvgIpc) is 2.85. The molecule has 0 fully saturated rings. The lowest BCUT2D eigenvalue weighted by molar-refractivity contribution is -0.138. The molecule has 0 aliphatic heterocycles. The second-order valence-electron chi connectivity index (χ2n) is 8.55. The highest BCUT2D eigenvalue weighted by Crippen LogP contribution is 2.32. The average molecular weight is 538 g/mol. The summed E-state index contributed by atoms with van der Waals surface area (Å²) in [4.78, 5) is 32.1. The van der Waals surface area contributed by atoms with Crippen molar-refractivity contribution < 1.29 is 26.3 Å². The van der Waals surface area contributed by atoms with E-state index in [1.54, 1.807) is 18.1 Å². The second-order valence-corrected chi connectivity index (χ2v) is 8.55. The summed E-state index contributed by atoms with van der Waals surface area (Å²) in [5.74, 6) is -0.911. The van der Waals surface area contributed by atoms with Gasteiger partial charge in [0, 0.05) is 31.2 Å². The Morgan fingerprint density at radius 2 is 1.82 bits per heavy atom. The van der Waals surface area contributed by atoms with Crippen LogP contribution in [-0.2, 0) is 12.7 Å². The molecule has 3 heterocycles. The molecule has 200 valence electrons. The van der Waals surface area contributed by atoms with Crippen LogP contribution in [0.4, 0.5) is 32.0 Å². The fourth-order valence-corrected chi connectivity index (χ4v) is 3.94. The maximum absolute atomic E-state index is 14.8. The molecule has 38 heavy (non-hydrogen) atoms. The predicted molar refractivity (Wildman–Crippen MR) is 126 cm³/mol. The molecular weight excluding hydrogens is 518 g/mol. The van der Waals surface area contributed by atoms with Gasteiger partial charge in [-0.25, -0.2) is 28.2 Å². The number of hydrogen-bond donors (Lipinski definition) is 2. The number of aryl methyl sites for hydroxylation is 1. The molecule has 0 amide bonds. The first-order valence-corrected chi connectivity index (χ1v) is 11.3. The van der Waals surface area contributed by atoms with Crippen molar-refractivity contribution in [2.24, 2.45) is 0 Å². The molecule has 1 unspecified atom stereocenters. The number of alkyl halides is 5. The molecule has 0 saturated carbocycles. The number of nitrogens with one attached hydrogen (secondary N) is 2. The van der Waals surface area contributed by atoms with Gasteiger partial charge in [0.15, 0.2) is 5.82 Å². The number of H-pyrrole nitrogens is 1. The fraction of sp³-hybridized carbons (Fsp3) is 0.292. The van der Waals surface area contributed by atoms with Gasteiger partial charge < -0.3 is 9.88 Å². The minimum Gasteiger partial charge on any atom is -0.381 e. The summed E-state index contributed by atoms with van der Waals surface area (Å²) in [6.45, 7) is 1.82. The highest BCUT2D eigenvalue weighted by Gasteiger charge is 2.37. The Morgan fingerprint density at radius 1 is 1.11 bits per heavy atom. The number of halogens is 6. The van der Waals surface area contributed by atoms with Crippen LogP contribution in [0.15, 0.2) is 52.6 Å². The Morgan fingerprint density at radius 3 is 2.47 bits per heavy atom. The topological polar surface area (TPSA) is 106 Å². The molecule has 0 saturated heterocycles. The zero-order chi connectivity index (χ0) is 27.6. The number of rotatable bonds is 8. The van der Waals surface area contributed by atoms with Gasteiger partial charge in [0.1, 0.15) is 11.4 Å². The Kier molecular flexibility index (Phi) is 7.51. The lowest BCUT2D eigenvalue weighted by atomic mass is 10.1. The molecule has 4 aromatic rings. The molecule has 8 nitrogen and oxygen atoms in total. The highest BCUT2D eigenvalue weighted by atomic mass is 19.4. The zero-order valence-electron chi connectivity index (χ0n) is 19.7. The molecule has 0 spiro atoms. The van der Waals surface area contributed by atoms with Crippen LogP contribution in [0.1, 0.15) is 37.3 Å². The van der Waals surface area contributed by atoms with Gasteiger partial charge in [0.25, 0.3) is 17.5 Å². The Bertz CT molecular complexity index is 1570. The summed E-state index contributed by atoms with van der Waals surface area (Å²) in [7, 11) is 0. The minimum atomic E-state index is -4.87. The molecule has 1 atom stereocenters. The quantitative estimate of drug-likeness (QED) is 0.309. The molecule has 0 aliphatic carbocycles. The van der Waals surface area contributed by atoms with Gasteiger partial charge >= 0.3 is 6.18 Å². The van der Waals surface area contributed by atoms with Crippen LogP contribution < -0.4 is 16.4 Å². The molecule has 1 aromatic carbocycles. The number of pyridine rings is 1. The molecule has 2 N–H and O–H groups in total. The largest absolute Gasteiger partial charge is 0.423 e. The number of aromatic nitrogens is 5. The lowest BCUT2D eigenvalue weighted by Gasteiger charge is -2.18. The second kappa shape index (κ2) is 10.6. The molecule has 4 rings (SSSR count). The van der Waals surface area contributed by atoms with Gasteiger partial charge in [0.05, 0.1) is 28.4 Å². The van der Waals surface area contributed by atoms with Gasteiger partial charge in [-0.05, 0) is 43.4 Å². The third kappa shape index (κ3) is 5.68. The van der Waals surface area contributed by atoms with Crippen molar-refractivity contribution in [3.8, 4) is 11.4 Å². The van der Waals surface area contributed by atoms with Crippen LogP contribution in [0.3, 0.4) is 0 Å². The number of nitrogens with zero attached hydrogens (tertiary/aromatic N) is 4. The number of aromatic amines is 1. The number of benzene rings is 1. The van der Waals surface area contributed by atoms with Crippen LogP contribution in [0, 0.1) is 5.82 Å². The summed E-state index contributed by atoms with van der Waals surface area (Å²) in [6.07, 6.45) is -2.73. The predicted octanol–water partition coefficient (Wildman–Crippen LogP) is 4.92.